The van der Waals surface area contributed by atoms with Crippen LogP contribution < -0.4 is 34.4 Å². The first-order chi connectivity index (χ1) is 31.2. The fourth-order valence-corrected chi connectivity index (χ4v) is 5.35. The molecule has 2 aromatic rings. The van der Waals surface area contributed by atoms with E-state index in [2.05, 4.69) is 91.7 Å². The Kier molecular flexibility index (Phi) is 66.5. The van der Waals surface area contributed by atoms with Gasteiger partial charge in [0, 0.05) is 133 Å². The number of carbonyl (C=O) groups is 4. The van der Waals surface area contributed by atoms with E-state index < -0.39 is 46.9 Å². The number of rotatable bonds is 15. The Bertz CT molecular complexity index is 1520. The Hall–Kier alpha value is -3.15. The van der Waals surface area contributed by atoms with E-state index in [9.17, 15) is 19.2 Å². The van der Waals surface area contributed by atoms with Crippen molar-refractivity contribution in [3.63, 3.8) is 0 Å². The maximum atomic E-state index is 9.35. The first-order valence-electron chi connectivity index (χ1n) is 22.0. The predicted molar refractivity (Wildman–Crippen MR) is 268 cm³/mol. The van der Waals surface area contributed by atoms with Crippen LogP contribution >= 0.6 is 0 Å². The Morgan fingerprint density at radius 3 is 1.00 bits per heavy atom. The molecule has 0 radical (unpaired) electrons. The molecule has 0 aromatic carbocycles. The van der Waals surface area contributed by atoms with E-state index in [1.807, 2.05) is 36.4 Å². The van der Waals surface area contributed by atoms with Crippen LogP contribution in [0.15, 0.2) is 98.1 Å². The number of nitrogens with two attached hydrogens (primary N) is 6. The molecule has 1 saturated carbocycles. The SMILES string of the molecule is C=C(O)C(=O)O.C=C(O)C(=O)O.C=C(O)C(=O)O.C=C(O)C(=O)O.CC(C)CC(N)CN.CC(C)CC(N)c1ccccn1.CC(C)CC(N)c1ccccn1.CC(C)CC1CCC(N)C(N)C1.[Pt].[Pt].[Pt].[Pt]. The minimum absolute atomic E-state index is 0. The molecule has 0 bridgehead atoms. The van der Waals surface area contributed by atoms with Gasteiger partial charge in [-0.05, 0) is 125 Å². The zero-order chi connectivity index (χ0) is 54.3. The van der Waals surface area contributed by atoms with Crippen LogP contribution in [0.25, 0.3) is 0 Å². The van der Waals surface area contributed by atoms with E-state index in [1.165, 1.54) is 12.8 Å². The molecule has 20 nitrogen and oxygen atoms in total. The van der Waals surface area contributed by atoms with Crippen LogP contribution in [0.2, 0.25) is 0 Å². The number of aliphatic hydroxyl groups is 4. The number of aliphatic carboxylic acids is 4. The minimum Gasteiger partial charge on any atom is -0.502 e. The number of carboxylic acids is 4. The molecular weight excluding hydrogens is 1660 g/mol. The van der Waals surface area contributed by atoms with Crippen molar-refractivity contribution in [3.05, 3.63) is 110 Å². The second-order valence-electron chi connectivity index (χ2n) is 17.3. The van der Waals surface area contributed by atoms with Crippen molar-refractivity contribution in [2.75, 3.05) is 6.54 Å². The molecule has 3 rings (SSSR count). The van der Waals surface area contributed by atoms with Crippen molar-refractivity contribution in [1.29, 1.82) is 0 Å². The van der Waals surface area contributed by atoms with Gasteiger partial charge in [0.25, 0.3) is 0 Å². The zero-order valence-electron chi connectivity index (χ0n) is 42.7. The van der Waals surface area contributed by atoms with Crippen molar-refractivity contribution < 1.29 is 144 Å². The van der Waals surface area contributed by atoms with Crippen molar-refractivity contribution in [2.45, 2.75) is 131 Å². The van der Waals surface area contributed by atoms with Crippen molar-refractivity contribution >= 4 is 23.9 Å². The molecule has 6 unspecified atom stereocenters. The quantitative estimate of drug-likeness (QED) is 0.0657. The number of pyridine rings is 2. The van der Waals surface area contributed by atoms with Gasteiger partial charge in [-0.25, -0.2) is 19.2 Å². The van der Waals surface area contributed by atoms with E-state index >= 15 is 0 Å². The first-order valence-corrected chi connectivity index (χ1v) is 22.0. The van der Waals surface area contributed by atoms with Gasteiger partial charge < -0.3 is 75.3 Å². The van der Waals surface area contributed by atoms with Crippen LogP contribution in [0.5, 0.6) is 0 Å². The summed E-state index contributed by atoms with van der Waals surface area (Å²) in [4.78, 5) is 45.8. The Morgan fingerprint density at radius 1 is 0.528 bits per heavy atom. The van der Waals surface area contributed by atoms with Crippen LogP contribution in [0.3, 0.4) is 0 Å². The van der Waals surface area contributed by atoms with Gasteiger partial charge in [-0.15, -0.1) is 0 Å². The monoisotopic (exact) mass is 1750 g/mol. The smallest absolute Gasteiger partial charge is 0.370 e. The second kappa shape index (κ2) is 54.1. The summed E-state index contributed by atoms with van der Waals surface area (Å²) in [7, 11) is 0. The molecule has 1 aliphatic carbocycles. The molecule has 0 spiro atoms. The van der Waals surface area contributed by atoms with Crippen LogP contribution in [0.1, 0.15) is 124 Å². The number of hydrogen-bond acceptors (Lipinski definition) is 16. The van der Waals surface area contributed by atoms with E-state index in [0.717, 1.165) is 55.3 Å². The molecule has 0 amide bonds. The molecule has 1 aliphatic rings. The van der Waals surface area contributed by atoms with Gasteiger partial charge >= 0.3 is 23.9 Å². The molecule has 24 heteroatoms. The second-order valence-corrected chi connectivity index (χ2v) is 17.3. The summed E-state index contributed by atoms with van der Waals surface area (Å²) in [5.74, 6) is -5.25. The summed E-state index contributed by atoms with van der Waals surface area (Å²) >= 11 is 0. The first kappa shape index (κ1) is 88.5. The molecule has 0 aliphatic heterocycles. The van der Waals surface area contributed by atoms with Crippen molar-refractivity contribution in [1.82, 2.24) is 9.97 Å². The summed E-state index contributed by atoms with van der Waals surface area (Å²) in [6.45, 7) is 29.0. The van der Waals surface area contributed by atoms with E-state index in [-0.39, 0.29) is 114 Å². The van der Waals surface area contributed by atoms with E-state index in [4.69, 9.17) is 75.3 Å². The average Bonchev–Trinajstić information content (AvgIpc) is 3.23. The number of aliphatic hydroxyl groups excluding tert-OH is 4. The van der Waals surface area contributed by atoms with E-state index in [1.54, 1.807) is 12.4 Å². The third-order valence-electron chi connectivity index (χ3n) is 8.52. The predicted octanol–water partition coefficient (Wildman–Crippen LogP) is 6.62. The number of hydrogen-bond donors (Lipinski definition) is 14. The standard InChI is InChI=1S/C10H22N2.2C10H16N2.C6H16N2.4C3H4O3.4Pt/c1-7(2)5-8-3-4-9(11)10(12)6-8;2*1-8(2)7-9(11)10-5-3-4-6-12-10;1-5(2)3-6(8)4-7;4*1-2(4)3(5)6;;;;/h7-10H,3-6,11-12H2,1-2H3;2*3-6,8-9H,7,11H2,1-2H3;5-6H,3-4,7-8H2,1-2H3;4*4H,1H2,(H,5,6);;;;. The van der Waals surface area contributed by atoms with Gasteiger partial charge in [-0.1, -0.05) is 67.5 Å². The minimum atomic E-state index is -1.38. The van der Waals surface area contributed by atoms with Crippen LogP contribution in [-0.4, -0.2) is 99.4 Å². The topological polar surface area (TPSA) is 412 Å². The molecule has 2 aromatic heterocycles. The molecule has 6 atom stereocenters. The van der Waals surface area contributed by atoms with Gasteiger partial charge in [0.05, 0.1) is 11.4 Å². The molecule has 72 heavy (non-hydrogen) atoms. The van der Waals surface area contributed by atoms with Crippen LogP contribution in [0, 0.1) is 29.6 Å². The molecule has 1 fully saturated rings. The van der Waals surface area contributed by atoms with Gasteiger partial charge in [0.2, 0.25) is 0 Å². The summed E-state index contributed by atoms with van der Waals surface area (Å²) < 4.78 is 0. The van der Waals surface area contributed by atoms with Gasteiger partial charge in [-0.3, -0.25) is 9.97 Å². The number of carboxylic acid groups (broad SMARTS) is 4. The van der Waals surface area contributed by atoms with Gasteiger partial charge in [0.1, 0.15) is 0 Å². The van der Waals surface area contributed by atoms with Crippen molar-refractivity contribution in [3.8, 4) is 0 Å². The maximum absolute atomic E-state index is 9.35. The number of nitrogens with zero attached hydrogens (tertiary/aromatic N) is 2. The van der Waals surface area contributed by atoms with Gasteiger partial charge in [0.15, 0.2) is 23.0 Å². The Morgan fingerprint density at radius 2 is 0.819 bits per heavy atom. The summed E-state index contributed by atoms with van der Waals surface area (Å²) in [5, 5.41) is 61.9. The average molecular weight is 1750 g/mol. The molecule has 20 N–H and O–H groups in total. The summed E-state index contributed by atoms with van der Waals surface area (Å²) in [5.41, 5.74) is 36.5. The zero-order valence-corrected chi connectivity index (χ0v) is 51.8. The molecule has 2 heterocycles. The van der Waals surface area contributed by atoms with Gasteiger partial charge in [-0.2, -0.15) is 0 Å². The third-order valence-corrected chi connectivity index (χ3v) is 8.52. The fraction of sp³-hybridized carbons (Fsp3) is 0.542. The van der Waals surface area contributed by atoms with Crippen molar-refractivity contribution in [2.24, 2.45) is 64.0 Å². The third kappa shape index (κ3) is 63.0. The van der Waals surface area contributed by atoms with Crippen LogP contribution in [0.4, 0.5) is 0 Å². The number of aromatic nitrogens is 2. The summed E-state index contributed by atoms with van der Waals surface area (Å²) in [6.07, 6.45) is 11.5. The molecule has 430 valence electrons. The normalized spacial score (nSPS) is 14.7. The molecular formula is C48H86N8O12Pt4. The molecule has 0 saturated heterocycles. The Labute approximate surface area is 485 Å². The summed E-state index contributed by atoms with van der Waals surface area (Å²) in [6, 6.07) is 12.6. The fourth-order valence-electron chi connectivity index (χ4n) is 5.35. The van der Waals surface area contributed by atoms with E-state index in [0.29, 0.717) is 24.3 Å². The van der Waals surface area contributed by atoms with Crippen LogP contribution in [-0.2, 0) is 103 Å². The maximum Gasteiger partial charge on any atom is 0.370 e. The Balaban J connectivity index is -0.0000000911. The largest absolute Gasteiger partial charge is 0.502 e.